The predicted octanol–water partition coefficient (Wildman–Crippen LogP) is 3.38. The number of nitrogens with two attached hydrogens (primary N) is 1. The summed E-state index contributed by atoms with van der Waals surface area (Å²) in [6.45, 7) is 7.46. The number of thiazole rings is 1. The summed E-state index contributed by atoms with van der Waals surface area (Å²) in [5, 5.41) is 0.652. The molecule has 4 heteroatoms. The van der Waals surface area contributed by atoms with Crippen LogP contribution < -0.4 is 5.73 Å². The minimum Gasteiger partial charge on any atom is -0.375 e. The molecule has 0 bridgehead atoms. The van der Waals surface area contributed by atoms with Crippen molar-refractivity contribution in [2.75, 3.05) is 12.3 Å². The molecule has 1 aromatic carbocycles. The smallest absolute Gasteiger partial charge is 0.180 e. The highest BCUT2D eigenvalue weighted by atomic mass is 32.1. The molecule has 1 aromatic heterocycles. The molecule has 2 aromatic rings. The van der Waals surface area contributed by atoms with Gasteiger partial charge in [0, 0.05) is 30.7 Å². The third kappa shape index (κ3) is 4.65. The average molecular weight is 275 g/mol. The molecule has 0 saturated carbocycles. The van der Waals surface area contributed by atoms with Gasteiger partial charge in [-0.05, 0) is 11.5 Å². The molecular weight excluding hydrogens is 254 g/mol. The molecule has 0 spiro atoms. The molecule has 0 amide bonds. The maximum atomic E-state index is 5.70. The molecule has 0 atom stereocenters. The van der Waals surface area contributed by atoms with Crippen LogP contribution in [-0.2, 0) is 13.1 Å². The maximum absolute atomic E-state index is 5.70. The second-order valence-electron chi connectivity index (χ2n) is 5.21. The van der Waals surface area contributed by atoms with Crippen molar-refractivity contribution in [3.63, 3.8) is 0 Å². The quantitative estimate of drug-likeness (QED) is 0.878. The first kappa shape index (κ1) is 14.0. The normalized spacial score (nSPS) is 11.4. The second-order valence-corrected chi connectivity index (χ2v) is 6.36. The van der Waals surface area contributed by atoms with Gasteiger partial charge in [-0.15, -0.1) is 11.3 Å². The highest BCUT2D eigenvalue weighted by Crippen LogP contribution is 2.18. The zero-order valence-electron chi connectivity index (χ0n) is 11.5. The van der Waals surface area contributed by atoms with Crippen LogP contribution in [0.1, 0.15) is 24.3 Å². The Morgan fingerprint density at radius 1 is 1.21 bits per heavy atom. The number of nitrogen functional groups attached to an aromatic ring is 1. The van der Waals surface area contributed by atoms with E-state index in [-0.39, 0.29) is 0 Å². The van der Waals surface area contributed by atoms with E-state index >= 15 is 0 Å². The number of hydrogen-bond acceptors (Lipinski definition) is 4. The summed E-state index contributed by atoms with van der Waals surface area (Å²) in [5.41, 5.74) is 7.04. The Labute approximate surface area is 119 Å². The lowest BCUT2D eigenvalue weighted by Gasteiger charge is -2.23. The fraction of sp³-hybridized carbons (Fsp3) is 0.400. The Kier molecular flexibility index (Phi) is 4.93. The lowest BCUT2D eigenvalue weighted by molar-refractivity contribution is 0.229. The molecule has 102 valence electrons. The van der Waals surface area contributed by atoms with E-state index in [0.29, 0.717) is 11.0 Å². The van der Waals surface area contributed by atoms with E-state index in [0.717, 1.165) is 19.6 Å². The van der Waals surface area contributed by atoms with Gasteiger partial charge < -0.3 is 5.73 Å². The summed E-state index contributed by atoms with van der Waals surface area (Å²) in [5.74, 6) is 0.647. The first-order valence-corrected chi connectivity index (χ1v) is 7.41. The van der Waals surface area contributed by atoms with Gasteiger partial charge in [0.1, 0.15) is 0 Å². The van der Waals surface area contributed by atoms with Crippen LogP contribution in [0, 0.1) is 5.92 Å². The average Bonchev–Trinajstić information content (AvgIpc) is 2.75. The summed E-state index contributed by atoms with van der Waals surface area (Å²) < 4.78 is 0. The van der Waals surface area contributed by atoms with Crippen molar-refractivity contribution in [2.24, 2.45) is 5.92 Å². The lowest BCUT2D eigenvalue weighted by Crippen LogP contribution is -2.26. The third-order valence-electron chi connectivity index (χ3n) is 2.82. The summed E-state index contributed by atoms with van der Waals surface area (Å²) in [6.07, 6.45) is 1.89. The van der Waals surface area contributed by atoms with E-state index in [1.165, 1.54) is 10.4 Å². The fourth-order valence-electron chi connectivity index (χ4n) is 2.16. The van der Waals surface area contributed by atoms with Crippen LogP contribution in [0.25, 0.3) is 0 Å². The molecule has 2 N–H and O–H groups in total. The Hall–Kier alpha value is -1.39. The molecule has 0 aliphatic rings. The standard InChI is InChI=1S/C15H21N3S/c1-12(2)9-18(10-13-6-4-3-5-7-13)11-14-8-17-15(16)19-14/h3-8,12H,9-11H2,1-2H3,(H2,16,17). The van der Waals surface area contributed by atoms with Crippen molar-refractivity contribution < 1.29 is 0 Å². The van der Waals surface area contributed by atoms with Crippen molar-refractivity contribution in [1.29, 1.82) is 0 Å². The van der Waals surface area contributed by atoms with Gasteiger partial charge in [0.2, 0.25) is 0 Å². The van der Waals surface area contributed by atoms with Crippen LogP contribution in [0.2, 0.25) is 0 Å². The molecule has 1 heterocycles. The van der Waals surface area contributed by atoms with Gasteiger partial charge in [-0.1, -0.05) is 44.2 Å². The third-order valence-corrected chi connectivity index (χ3v) is 3.63. The van der Waals surface area contributed by atoms with Crippen LogP contribution in [0.4, 0.5) is 5.13 Å². The zero-order valence-corrected chi connectivity index (χ0v) is 12.4. The Morgan fingerprint density at radius 2 is 1.95 bits per heavy atom. The molecular formula is C15H21N3S. The molecule has 0 unspecified atom stereocenters. The largest absolute Gasteiger partial charge is 0.375 e. The molecule has 0 saturated heterocycles. The number of hydrogen-bond donors (Lipinski definition) is 1. The van der Waals surface area contributed by atoms with E-state index in [2.05, 4.69) is 54.1 Å². The number of aromatic nitrogens is 1. The number of nitrogens with zero attached hydrogens (tertiary/aromatic N) is 2. The van der Waals surface area contributed by atoms with Gasteiger partial charge in [0.25, 0.3) is 0 Å². The van der Waals surface area contributed by atoms with Crippen molar-refractivity contribution in [3.8, 4) is 0 Å². The van der Waals surface area contributed by atoms with E-state index in [4.69, 9.17) is 5.73 Å². The molecule has 19 heavy (non-hydrogen) atoms. The SMILES string of the molecule is CC(C)CN(Cc1ccccc1)Cc1cnc(N)s1. The summed E-state index contributed by atoms with van der Waals surface area (Å²) in [6, 6.07) is 10.6. The summed E-state index contributed by atoms with van der Waals surface area (Å²) >= 11 is 1.58. The van der Waals surface area contributed by atoms with Gasteiger partial charge in [0.05, 0.1) is 0 Å². The maximum Gasteiger partial charge on any atom is 0.180 e. The van der Waals surface area contributed by atoms with Crippen LogP contribution in [0.5, 0.6) is 0 Å². The Bertz CT molecular complexity index is 493. The monoisotopic (exact) mass is 275 g/mol. The number of anilines is 1. The lowest BCUT2D eigenvalue weighted by atomic mass is 10.1. The summed E-state index contributed by atoms with van der Waals surface area (Å²) in [7, 11) is 0. The number of rotatable bonds is 6. The molecule has 3 nitrogen and oxygen atoms in total. The van der Waals surface area contributed by atoms with E-state index < -0.39 is 0 Å². The molecule has 2 rings (SSSR count). The van der Waals surface area contributed by atoms with Crippen molar-refractivity contribution in [1.82, 2.24) is 9.88 Å². The zero-order chi connectivity index (χ0) is 13.7. The number of benzene rings is 1. The van der Waals surface area contributed by atoms with Crippen LogP contribution >= 0.6 is 11.3 Å². The highest BCUT2D eigenvalue weighted by molar-refractivity contribution is 7.15. The Balaban J connectivity index is 2.03. The van der Waals surface area contributed by atoms with E-state index in [9.17, 15) is 0 Å². The van der Waals surface area contributed by atoms with Gasteiger partial charge >= 0.3 is 0 Å². The van der Waals surface area contributed by atoms with Gasteiger partial charge in [-0.3, -0.25) is 4.90 Å². The van der Waals surface area contributed by atoms with Gasteiger partial charge in [-0.2, -0.15) is 0 Å². The van der Waals surface area contributed by atoms with Crippen LogP contribution in [0.3, 0.4) is 0 Å². The van der Waals surface area contributed by atoms with Crippen molar-refractivity contribution in [3.05, 3.63) is 47.0 Å². The van der Waals surface area contributed by atoms with Crippen molar-refractivity contribution in [2.45, 2.75) is 26.9 Å². The second kappa shape index (κ2) is 6.68. The predicted molar refractivity (Wildman–Crippen MR) is 81.9 cm³/mol. The first-order chi connectivity index (χ1) is 9.13. The fourth-order valence-corrected chi connectivity index (χ4v) is 2.89. The van der Waals surface area contributed by atoms with Crippen LogP contribution in [0.15, 0.2) is 36.5 Å². The van der Waals surface area contributed by atoms with E-state index in [1.807, 2.05) is 6.20 Å². The highest BCUT2D eigenvalue weighted by Gasteiger charge is 2.10. The minimum atomic E-state index is 0.647. The van der Waals surface area contributed by atoms with Crippen molar-refractivity contribution >= 4 is 16.5 Å². The van der Waals surface area contributed by atoms with E-state index in [1.54, 1.807) is 11.3 Å². The molecule has 0 aliphatic carbocycles. The van der Waals surface area contributed by atoms with Crippen LogP contribution in [-0.4, -0.2) is 16.4 Å². The molecule has 0 aliphatic heterocycles. The Morgan fingerprint density at radius 3 is 2.53 bits per heavy atom. The minimum absolute atomic E-state index is 0.647. The van der Waals surface area contributed by atoms with Gasteiger partial charge in [0.15, 0.2) is 5.13 Å². The topological polar surface area (TPSA) is 42.2 Å². The molecule has 0 fully saturated rings. The summed E-state index contributed by atoms with van der Waals surface area (Å²) in [4.78, 5) is 7.81. The first-order valence-electron chi connectivity index (χ1n) is 6.60. The molecule has 0 radical (unpaired) electrons. The van der Waals surface area contributed by atoms with Gasteiger partial charge in [-0.25, -0.2) is 4.98 Å².